The number of nitro groups is 3. The van der Waals surface area contributed by atoms with E-state index < -0.39 is 39.1 Å². The van der Waals surface area contributed by atoms with E-state index in [2.05, 4.69) is 28.3 Å². The van der Waals surface area contributed by atoms with E-state index in [0.29, 0.717) is 49.0 Å². The molecule has 3 aromatic rings. The Morgan fingerprint density at radius 3 is 1.60 bits per heavy atom. The highest BCUT2D eigenvalue weighted by atomic mass is 32.1. The normalized spacial score (nSPS) is 17.2. The van der Waals surface area contributed by atoms with Gasteiger partial charge in [0.05, 0.1) is 14.8 Å². The summed E-state index contributed by atoms with van der Waals surface area (Å²) in [7, 11) is 0. The number of likely N-dealkylation sites (tertiary alicyclic amines) is 2. The highest BCUT2D eigenvalue weighted by Gasteiger charge is 2.42. The number of hydrogen-bond acceptors (Lipinski definition) is 15. The Bertz CT molecular complexity index is 1960. The summed E-state index contributed by atoms with van der Waals surface area (Å²) in [5.41, 5.74) is 1.08. The Labute approximate surface area is 335 Å². The Kier molecular flexibility index (Phi) is 14.5. The van der Waals surface area contributed by atoms with Gasteiger partial charge in [0, 0.05) is 67.8 Å². The molecular weight excluding hydrogens is 785 g/mol. The molecule has 2 saturated heterocycles. The number of benzene rings is 3. The molecule has 0 saturated carbocycles. The number of alkyl carbamates (subject to hydrolysis) is 2. The first-order valence-electron chi connectivity index (χ1n) is 17.8. The van der Waals surface area contributed by atoms with E-state index in [1.54, 1.807) is 4.90 Å². The molecule has 306 valence electrons. The molecule has 2 aliphatic rings. The molecule has 0 aliphatic carbocycles. The minimum atomic E-state index is -1.000. The lowest BCUT2D eigenvalue weighted by Crippen LogP contribution is -2.47. The fraction of sp³-hybridized carbons (Fsp3) is 0.361. The zero-order valence-electron chi connectivity index (χ0n) is 30.7. The number of rotatable bonds is 13. The van der Waals surface area contributed by atoms with E-state index in [9.17, 15) is 49.5 Å². The first kappa shape index (κ1) is 42.3. The first-order chi connectivity index (χ1) is 27.7. The van der Waals surface area contributed by atoms with E-state index >= 15 is 0 Å². The fourth-order valence-electron chi connectivity index (χ4n) is 6.13. The molecular formula is C36H38N8O13S. The zero-order chi connectivity index (χ0) is 41.8. The van der Waals surface area contributed by atoms with Crippen LogP contribution in [0.25, 0.3) is 0 Å². The number of aliphatic imine (C=N–C) groups is 1. The molecule has 22 heteroatoms. The fourth-order valence-corrected chi connectivity index (χ4v) is 6.51. The van der Waals surface area contributed by atoms with Crippen molar-refractivity contribution in [1.82, 2.24) is 20.4 Å². The Morgan fingerprint density at radius 2 is 1.16 bits per heavy atom. The van der Waals surface area contributed by atoms with Crippen molar-refractivity contribution in [3.63, 3.8) is 0 Å². The summed E-state index contributed by atoms with van der Waals surface area (Å²) in [4.78, 5) is 90.5. The van der Waals surface area contributed by atoms with Gasteiger partial charge in [0.2, 0.25) is 11.9 Å². The van der Waals surface area contributed by atoms with E-state index in [1.165, 1.54) is 77.7 Å². The summed E-state index contributed by atoms with van der Waals surface area (Å²) in [6.45, 7) is 0.419. The van der Waals surface area contributed by atoms with Crippen LogP contribution in [0, 0.1) is 36.3 Å². The van der Waals surface area contributed by atoms with Gasteiger partial charge in [0.1, 0.15) is 25.9 Å². The molecule has 0 bridgehead atoms. The average Bonchev–Trinajstić information content (AvgIpc) is 3.85. The molecule has 3 atom stereocenters. The van der Waals surface area contributed by atoms with Crippen LogP contribution in [0.15, 0.2) is 77.8 Å². The smallest absolute Gasteiger partial charge is 0.414 e. The Hall–Kier alpha value is -6.84. The van der Waals surface area contributed by atoms with Crippen LogP contribution in [0.3, 0.4) is 0 Å². The average molecular weight is 823 g/mol. The molecule has 3 aromatic carbocycles. The molecule has 2 heterocycles. The quantitative estimate of drug-likeness (QED) is 0.0519. The molecule has 0 unspecified atom stereocenters. The van der Waals surface area contributed by atoms with E-state index in [4.69, 9.17) is 14.2 Å². The molecule has 21 nitrogen and oxygen atoms in total. The van der Waals surface area contributed by atoms with E-state index in [-0.39, 0.29) is 73.0 Å². The predicted octanol–water partition coefficient (Wildman–Crippen LogP) is 4.87. The number of guanidine groups is 1. The molecule has 0 spiro atoms. The number of amides is 4. The van der Waals surface area contributed by atoms with Gasteiger partial charge in [0.15, 0.2) is 0 Å². The molecule has 2 N–H and O–H groups in total. The van der Waals surface area contributed by atoms with Gasteiger partial charge in [-0.15, -0.1) is 0 Å². The lowest BCUT2D eigenvalue weighted by molar-refractivity contribution is -0.385. The number of nitro benzene ring substituents is 3. The van der Waals surface area contributed by atoms with Crippen LogP contribution in [-0.2, 0) is 38.8 Å². The van der Waals surface area contributed by atoms with Crippen molar-refractivity contribution in [2.75, 3.05) is 26.2 Å². The minimum Gasteiger partial charge on any atom is -0.445 e. The summed E-state index contributed by atoms with van der Waals surface area (Å²) in [6, 6.07) is 15.5. The third-order valence-electron chi connectivity index (χ3n) is 9.19. The lowest BCUT2D eigenvalue weighted by atomic mass is 10.1. The second-order valence-corrected chi connectivity index (χ2v) is 14.0. The van der Waals surface area contributed by atoms with Crippen LogP contribution < -0.4 is 10.6 Å². The highest BCUT2D eigenvalue weighted by Crippen LogP contribution is 2.28. The summed E-state index contributed by atoms with van der Waals surface area (Å²) < 4.78 is 15.8. The Balaban J connectivity index is 1.14. The van der Waals surface area contributed by atoms with Crippen molar-refractivity contribution in [3.8, 4) is 0 Å². The maximum Gasteiger partial charge on any atom is 0.414 e. The standard InChI is InChI=1S/C36H38N8O13S/c45-32(31-17-30(58)19-41(31)36(48)57-22-26-5-11-29(12-6-26)44(53)54)40-16-14-23(18-40)13-15-37-33(38-34(46)55-20-24-1-7-27(8-2-24)42(49)50)39-35(47)56-21-25-3-9-28(10-4-25)43(51)52/h1-12,23,30-31,58H,13-22H2,(H2,37,38,39,46,47)/t23-,30-,31-/m0/s1. The third kappa shape index (κ3) is 12.1. The van der Waals surface area contributed by atoms with Gasteiger partial charge in [-0.05, 0) is 78.3 Å². The van der Waals surface area contributed by atoms with Gasteiger partial charge in [0.25, 0.3) is 17.1 Å². The van der Waals surface area contributed by atoms with Gasteiger partial charge in [-0.3, -0.25) is 55.7 Å². The van der Waals surface area contributed by atoms with Crippen molar-refractivity contribution >= 4 is 59.8 Å². The van der Waals surface area contributed by atoms with Crippen molar-refractivity contribution in [2.45, 2.75) is 50.4 Å². The lowest BCUT2D eigenvalue weighted by Gasteiger charge is -2.27. The molecule has 0 aromatic heterocycles. The summed E-state index contributed by atoms with van der Waals surface area (Å²) in [5, 5.41) is 37.2. The number of carbonyl (C=O) groups is 4. The molecule has 58 heavy (non-hydrogen) atoms. The second kappa shape index (κ2) is 19.8. The second-order valence-electron chi connectivity index (χ2n) is 13.2. The third-order valence-corrected chi connectivity index (χ3v) is 9.56. The van der Waals surface area contributed by atoms with Gasteiger partial charge in [-0.2, -0.15) is 12.6 Å². The van der Waals surface area contributed by atoms with Crippen molar-refractivity contribution in [1.29, 1.82) is 0 Å². The molecule has 2 fully saturated rings. The highest BCUT2D eigenvalue weighted by molar-refractivity contribution is 7.81. The molecule has 4 amide bonds. The van der Waals surface area contributed by atoms with Crippen molar-refractivity contribution < 1.29 is 48.2 Å². The topological polar surface area (TPSA) is 268 Å². The number of carbonyl (C=O) groups excluding carboxylic acids is 4. The van der Waals surface area contributed by atoms with Crippen LogP contribution >= 0.6 is 12.6 Å². The first-order valence-corrected chi connectivity index (χ1v) is 18.3. The largest absolute Gasteiger partial charge is 0.445 e. The van der Waals surface area contributed by atoms with Crippen molar-refractivity contribution in [2.24, 2.45) is 10.9 Å². The molecule has 2 aliphatic heterocycles. The Morgan fingerprint density at radius 1 is 0.707 bits per heavy atom. The zero-order valence-corrected chi connectivity index (χ0v) is 31.6. The molecule has 5 rings (SSSR count). The van der Waals surface area contributed by atoms with Gasteiger partial charge >= 0.3 is 18.3 Å². The number of nitrogens with zero attached hydrogens (tertiary/aromatic N) is 6. The summed E-state index contributed by atoms with van der Waals surface area (Å²) >= 11 is 4.50. The number of non-ortho nitro benzene ring substituents is 3. The number of hydrogen-bond donors (Lipinski definition) is 3. The maximum atomic E-state index is 13.6. The monoisotopic (exact) mass is 822 g/mol. The summed E-state index contributed by atoms with van der Waals surface area (Å²) in [5.74, 6) is -0.583. The van der Waals surface area contributed by atoms with Crippen LogP contribution in [0.1, 0.15) is 36.0 Å². The van der Waals surface area contributed by atoms with Crippen LogP contribution in [0.5, 0.6) is 0 Å². The van der Waals surface area contributed by atoms with E-state index in [1.807, 2.05) is 0 Å². The van der Waals surface area contributed by atoms with Crippen molar-refractivity contribution in [3.05, 3.63) is 120 Å². The van der Waals surface area contributed by atoms with Crippen LogP contribution in [0.2, 0.25) is 0 Å². The van der Waals surface area contributed by atoms with Gasteiger partial charge in [-0.1, -0.05) is 0 Å². The number of ether oxygens (including phenoxy) is 3. The van der Waals surface area contributed by atoms with E-state index in [0.717, 1.165) is 0 Å². The molecule has 0 radical (unpaired) electrons. The van der Waals surface area contributed by atoms with Crippen LogP contribution in [-0.4, -0.2) is 92.2 Å². The van der Waals surface area contributed by atoms with Gasteiger partial charge < -0.3 is 19.1 Å². The maximum absolute atomic E-state index is 13.6. The minimum absolute atomic E-state index is 0.0205. The SMILES string of the molecule is O=C(NC(=NCC[C@H]1CCN(C(=O)[C@@H]2C[C@H](S)CN2C(=O)OCc2ccc([N+](=O)[O-])cc2)C1)NC(=O)OCc1ccc([N+](=O)[O-])cc1)OCc1ccc([N+](=O)[O-])cc1. The van der Waals surface area contributed by atoms with Gasteiger partial charge in [-0.25, -0.2) is 14.4 Å². The number of thiol groups is 1. The predicted molar refractivity (Wildman–Crippen MR) is 206 cm³/mol. The summed E-state index contributed by atoms with van der Waals surface area (Å²) in [6.07, 6.45) is -1.33. The van der Waals surface area contributed by atoms with Crippen LogP contribution in [0.4, 0.5) is 31.4 Å². The number of nitrogens with one attached hydrogen (secondary N) is 2.